The fourth-order valence-corrected chi connectivity index (χ4v) is 5.17. The highest BCUT2D eigenvalue weighted by molar-refractivity contribution is 7.92. The third-order valence-electron chi connectivity index (χ3n) is 3.55. The van der Waals surface area contributed by atoms with Gasteiger partial charge in [0.15, 0.2) is 15.6 Å². The van der Waals surface area contributed by atoms with E-state index >= 15 is 0 Å². The van der Waals surface area contributed by atoms with Crippen molar-refractivity contribution < 1.29 is 13.2 Å². The van der Waals surface area contributed by atoms with Crippen molar-refractivity contribution >= 4 is 37.6 Å². The van der Waals surface area contributed by atoms with Gasteiger partial charge in [-0.1, -0.05) is 13.8 Å². The van der Waals surface area contributed by atoms with Crippen LogP contribution in [-0.4, -0.2) is 46.1 Å². The summed E-state index contributed by atoms with van der Waals surface area (Å²) >= 11 is 1.21. The summed E-state index contributed by atoms with van der Waals surface area (Å²) in [5.74, 6) is -0.126. The van der Waals surface area contributed by atoms with Crippen molar-refractivity contribution in [1.82, 2.24) is 5.32 Å². The van der Waals surface area contributed by atoms with Crippen molar-refractivity contribution in [2.24, 2.45) is 0 Å². The van der Waals surface area contributed by atoms with E-state index in [4.69, 9.17) is 5.73 Å². The maximum Gasteiger partial charge on any atom is 0.183 e. The number of rotatable bonds is 5. The molecule has 6 nitrogen and oxygen atoms in total. The van der Waals surface area contributed by atoms with Gasteiger partial charge in [-0.2, -0.15) is 0 Å². The normalized spacial score (nSPS) is 16.2. The molecule has 0 aliphatic carbocycles. The lowest BCUT2D eigenvalue weighted by Gasteiger charge is -2.28. The Kier molecular flexibility index (Phi) is 4.90. The number of anilines is 2. The number of thiophene rings is 1. The number of hydrogen-bond donors (Lipinski definition) is 2. The molecule has 2 heterocycles. The number of Topliss-reactive ketones (excluding diaryl/α,β-unsaturated/α-hetero) is 1. The van der Waals surface area contributed by atoms with Crippen LogP contribution in [0.2, 0.25) is 0 Å². The van der Waals surface area contributed by atoms with Crippen LogP contribution >= 0.6 is 11.3 Å². The van der Waals surface area contributed by atoms with Crippen molar-refractivity contribution in [3.8, 4) is 0 Å². The molecular weight excluding hydrogens is 310 g/mol. The zero-order chi connectivity index (χ0) is 15.6. The van der Waals surface area contributed by atoms with Gasteiger partial charge in [0.2, 0.25) is 0 Å². The Labute approximate surface area is 129 Å². The van der Waals surface area contributed by atoms with Gasteiger partial charge in [-0.15, -0.1) is 11.3 Å². The fourth-order valence-electron chi connectivity index (χ4n) is 2.30. The van der Waals surface area contributed by atoms with Crippen LogP contribution in [0.1, 0.15) is 29.9 Å². The van der Waals surface area contributed by atoms with Crippen LogP contribution in [0.25, 0.3) is 0 Å². The molecule has 0 aromatic carbocycles. The summed E-state index contributed by atoms with van der Waals surface area (Å²) < 4.78 is 24.8. The van der Waals surface area contributed by atoms with Gasteiger partial charge in [-0.25, -0.2) is 8.42 Å². The molecule has 0 atom stereocenters. The van der Waals surface area contributed by atoms with Crippen LogP contribution in [0.15, 0.2) is 4.90 Å². The highest BCUT2D eigenvalue weighted by Crippen LogP contribution is 2.42. The highest BCUT2D eigenvalue weighted by atomic mass is 32.2. The van der Waals surface area contributed by atoms with Crippen molar-refractivity contribution in [3.63, 3.8) is 0 Å². The van der Waals surface area contributed by atoms with Crippen molar-refractivity contribution in [2.45, 2.75) is 25.2 Å². The molecule has 0 bridgehead atoms. The molecule has 0 radical (unpaired) electrons. The predicted molar refractivity (Wildman–Crippen MR) is 86.2 cm³/mol. The number of hydrogen-bond acceptors (Lipinski definition) is 7. The van der Waals surface area contributed by atoms with Crippen LogP contribution < -0.4 is 16.0 Å². The zero-order valence-corrected chi connectivity index (χ0v) is 13.9. The lowest BCUT2D eigenvalue weighted by Crippen LogP contribution is -2.43. The van der Waals surface area contributed by atoms with Gasteiger partial charge in [0, 0.05) is 32.6 Å². The minimum absolute atomic E-state index is 0.0211. The van der Waals surface area contributed by atoms with E-state index in [-0.39, 0.29) is 22.1 Å². The zero-order valence-electron chi connectivity index (χ0n) is 12.3. The van der Waals surface area contributed by atoms with E-state index in [0.29, 0.717) is 29.4 Å². The quantitative estimate of drug-likeness (QED) is 0.786. The SMILES string of the molecule is CCC(=O)c1sc(N2CCNCC2)c(S(=O)(=O)CC)c1N. The monoisotopic (exact) mass is 331 g/mol. The molecule has 1 aliphatic rings. The van der Waals surface area contributed by atoms with E-state index in [1.807, 2.05) is 4.90 Å². The molecule has 1 saturated heterocycles. The predicted octanol–water partition coefficient (Wildman–Crippen LogP) is 1.13. The van der Waals surface area contributed by atoms with E-state index in [1.54, 1.807) is 13.8 Å². The van der Waals surface area contributed by atoms with Gasteiger partial charge >= 0.3 is 0 Å². The van der Waals surface area contributed by atoms with E-state index in [1.165, 1.54) is 11.3 Å². The molecule has 1 fully saturated rings. The topological polar surface area (TPSA) is 92.5 Å². The summed E-state index contributed by atoms with van der Waals surface area (Å²) in [5.41, 5.74) is 6.14. The third-order valence-corrected chi connectivity index (χ3v) is 6.78. The maximum absolute atomic E-state index is 12.4. The Hall–Kier alpha value is -1.12. The minimum Gasteiger partial charge on any atom is -0.396 e. The van der Waals surface area contributed by atoms with Gasteiger partial charge in [0.05, 0.1) is 16.3 Å². The lowest BCUT2D eigenvalue weighted by molar-refractivity contribution is 0.0992. The molecule has 0 spiro atoms. The first-order valence-corrected chi connectivity index (χ1v) is 9.53. The molecule has 2 rings (SSSR count). The van der Waals surface area contributed by atoms with Crippen LogP contribution in [0.5, 0.6) is 0 Å². The molecule has 118 valence electrons. The molecule has 8 heteroatoms. The first-order chi connectivity index (χ1) is 9.92. The number of nitrogens with zero attached hydrogens (tertiary/aromatic N) is 1. The van der Waals surface area contributed by atoms with E-state index < -0.39 is 9.84 Å². The van der Waals surface area contributed by atoms with E-state index in [0.717, 1.165) is 13.1 Å². The Morgan fingerprint density at radius 1 is 1.33 bits per heavy atom. The van der Waals surface area contributed by atoms with Gasteiger partial charge in [0.1, 0.15) is 9.90 Å². The molecule has 3 N–H and O–H groups in total. The summed E-state index contributed by atoms with van der Waals surface area (Å²) in [6, 6.07) is 0. The lowest BCUT2D eigenvalue weighted by atomic mass is 10.2. The number of carbonyl (C=O) groups is 1. The van der Waals surface area contributed by atoms with Gasteiger partial charge in [0.25, 0.3) is 0 Å². The first kappa shape index (κ1) is 16.3. The second-order valence-electron chi connectivity index (χ2n) is 4.90. The van der Waals surface area contributed by atoms with Crippen LogP contribution in [0, 0.1) is 0 Å². The highest BCUT2D eigenvalue weighted by Gasteiger charge is 2.31. The third kappa shape index (κ3) is 3.07. The molecule has 0 saturated carbocycles. The smallest absolute Gasteiger partial charge is 0.183 e. The number of piperazine rings is 1. The summed E-state index contributed by atoms with van der Waals surface area (Å²) in [4.78, 5) is 14.5. The Morgan fingerprint density at radius 2 is 1.95 bits per heavy atom. The van der Waals surface area contributed by atoms with E-state index in [9.17, 15) is 13.2 Å². The Morgan fingerprint density at radius 3 is 2.48 bits per heavy atom. The summed E-state index contributed by atoms with van der Waals surface area (Å²) in [6.07, 6.45) is 0.317. The molecule has 0 amide bonds. The summed E-state index contributed by atoms with van der Waals surface area (Å²) in [5, 5.41) is 3.85. The van der Waals surface area contributed by atoms with Crippen molar-refractivity contribution in [1.29, 1.82) is 0 Å². The number of carbonyl (C=O) groups excluding carboxylic acids is 1. The number of sulfone groups is 1. The first-order valence-electron chi connectivity index (χ1n) is 7.06. The van der Waals surface area contributed by atoms with Gasteiger partial charge in [-0.05, 0) is 0 Å². The van der Waals surface area contributed by atoms with Crippen molar-refractivity contribution in [3.05, 3.63) is 4.88 Å². The number of nitrogen functional groups attached to an aromatic ring is 1. The summed E-state index contributed by atoms with van der Waals surface area (Å²) in [7, 11) is -3.46. The fraction of sp³-hybridized carbons (Fsp3) is 0.615. The van der Waals surface area contributed by atoms with Crippen LogP contribution in [-0.2, 0) is 9.84 Å². The minimum atomic E-state index is -3.46. The molecule has 0 unspecified atom stereocenters. The molecule has 21 heavy (non-hydrogen) atoms. The van der Waals surface area contributed by atoms with Gasteiger partial charge < -0.3 is 16.0 Å². The number of nitrogens with one attached hydrogen (secondary N) is 1. The molecule has 1 aromatic rings. The number of nitrogens with two attached hydrogens (primary N) is 1. The largest absolute Gasteiger partial charge is 0.396 e. The van der Waals surface area contributed by atoms with Crippen LogP contribution in [0.3, 0.4) is 0 Å². The average molecular weight is 331 g/mol. The maximum atomic E-state index is 12.4. The molecule has 1 aliphatic heterocycles. The molecule has 1 aromatic heterocycles. The van der Waals surface area contributed by atoms with E-state index in [2.05, 4.69) is 5.32 Å². The Balaban J connectivity index is 2.59. The standard InChI is InChI=1S/C13H21N3O3S2/c1-3-9(17)11-10(14)12(21(18,19)4-2)13(20-11)16-7-5-15-6-8-16/h15H,3-8,14H2,1-2H3. The molecular formula is C13H21N3O3S2. The van der Waals surface area contributed by atoms with Crippen LogP contribution in [0.4, 0.5) is 10.7 Å². The number of ketones is 1. The average Bonchev–Trinajstić information content (AvgIpc) is 2.85. The Bertz CT molecular complexity index is 631. The van der Waals surface area contributed by atoms with Gasteiger partial charge in [-0.3, -0.25) is 4.79 Å². The van der Waals surface area contributed by atoms with Crippen molar-refractivity contribution in [2.75, 3.05) is 42.6 Å². The second-order valence-corrected chi connectivity index (χ2v) is 8.11. The summed E-state index contributed by atoms with van der Waals surface area (Å²) in [6.45, 7) is 6.36. The second kappa shape index (κ2) is 6.33.